The van der Waals surface area contributed by atoms with Crippen molar-refractivity contribution in [1.29, 1.82) is 0 Å². The van der Waals surface area contributed by atoms with Crippen molar-refractivity contribution in [3.05, 3.63) is 17.5 Å². The first-order chi connectivity index (χ1) is 10.7. The number of rotatable bonds is 4. The topological polar surface area (TPSA) is 44.3 Å². The van der Waals surface area contributed by atoms with Gasteiger partial charge in [-0.05, 0) is 51.7 Å². The summed E-state index contributed by atoms with van der Waals surface area (Å²) in [5, 5.41) is 3.89. The van der Waals surface area contributed by atoms with E-state index in [1.54, 1.807) is 0 Å². The lowest BCUT2D eigenvalue weighted by atomic mass is 9.91. The molecular formula is C17H29N5. The van der Waals surface area contributed by atoms with Crippen LogP contribution in [0, 0.1) is 0 Å². The molecule has 0 aromatic carbocycles. The summed E-state index contributed by atoms with van der Waals surface area (Å²) in [7, 11) is 4.00. The molecule has 0 bridgehead atoms. The Bertz CT molecular complexity index is 494. The number of piperidine rings is 1. The molecule has 0 radical (unpaired) electrons. The van der Waals surface area contributed by atoms with Crippen molar-refractivity contribution in [1.82, 2.24) is 20.2 Å². The number of hydrogen-bond acceptors (Lipinski definition) is 5. The standard InChI is InChI=1S/C17H29N5/c1-4-22-10-8-13(9-11-22)19-15-6-5-7-16-14(15)12-18-17(20-16)21(2)3/h12-13,15,19H,4-11H2,1-3H3/t15-/m0/s1. The molecule has 0 amide bonds. The van der Waals surface area contributed by atoms with Gasteiger partial charge in [-0.3, -0.25) is 0 Å². The smallest absolute Gasteiger partial charge is 0.225 e. The van der Waals surface area contributed by atoms with Crippen molar-refractivity contribution >= 4 is 5.95 Å². The van der Waals surface area contributed by atoms with Gasteiger partial charge in [-0.1, -0.05) is 6.92 Å². The Morgan fingerprint density at radius 3 is 2.73 bits per heavy atom. The average Bonchev–Trinajstić information content (AvgIpc) is 2.55. The van der Waals surface area contributed by atoms with E-state index in [2.05, 4.69) is 28.3 Å². The molecule has 1 aromatic heterocycles. The van der Waals surface area contributed by atoms with Gasteiger partial charge in [-0.2, -0.15) is 0 Å². The molecular weight excluding hydrogens is 274 g/mol. The van der Waals surface area contributed by atoms with Crippen LogP contribution in [0.5, 0.6) is 0 Å². The summed E-state index contributed by atoms with van der Waals surface area (Å²) >= 11 is 0. The fraction of sp³-hybridized carbons (Fsp3) is 0.765. The number of nitrogens with one attached hydrogen (secondary N) is 1. The molecule has 1 fully saturated rings. The third kappa shape index (κ3) is 3.41. The van der Waals surface area contributed by atoms with Gasteiger partial charge in [0.05, 0.1) is 5.69 Å². The van der Waals surface area contributed by atoms with Crippen LogP contribution >= 0.6 is 0 Å². The second-order valence-electron chi connectivity index (χ2n) is 6.79. The summed E-state index contributed by atoms with van der Waals surface area (Å²) in [6.07, 6.45) is 8.10. The lowest BCUT2D eigenvalue weighted by molar-refractivity contribution is 0.195. The molecule has 1 atom stereocenters. The highest BCUT2D eigenvalue weighted by molar-refractivity contribution is 5.34. The molecule has 3 rings (SSSR count). The molecule has 22 heavy (non-hydrogen) atoms. The molecule has 0 unspecified atom stereocenters. The van der Waals surface area contributed by atoms with Gasteiger partial charge in [0.25, 0.3) is 0 Å². The zero-order valence-electron chi connectivity index (χ0n) is 14.2. The number of aryl methyl sites for hydroxylation is 1. The van der Waals surface area contributed by atoms with Gasteiger partial charge in [0.1, 0.15) is 0 Å². The summed E-state index contributed by atoms with van der Waals surface area (Å²) in [5.41, 5.74) is 2.57. The number of aromatic nitrogens is 2. The average molecular weight is 303 g/mol. The minimum absolute atomic E-state index is 0.443. The Morgan fingerprint density at radius 2 is 2.05 bits per heavy atom. The fourth-order valence-electron chi connectivity index (χ4n) is 3.63. The van der Waals surface area contributed by atoms with Crippen molar-refractivity contribution in [2.75, 3.05) is 38.6 Å². The molecule has 0 saturated carbocycles. The van der Waals surface area contributed by atoms with E-state index >= 15 is 0 Å². The first-order valence-electron chi connectivity index (χ1n) is 8.69. The Kier molecular flexibility index (Phi) is 4.93. The molecule has 2 aliphatic rings. The van der Waals surface area contributed by atoms with Gasteiger partial charge < -0.3 is 15.1 Å². The van der Waals surface area contributed by atoms with E-state index in [0.29, 0.717) is 12.1 Å². The SMILES string of the molecule is CCN1CCC(N[C@H]2CCCc3nc(N(C)C)ncc32)CC1. The van der Waals surface area contributed by atoms with Gasteiger partial charge in [-0.15, -0.1) is 0 Å². The van der Waals surface area contributed by atoms with Crippen LogP contribution in [0.25, 0.3) is 0 Å². The molecule has 5 nitrogen and oxygen atoms in total. The number of nitrogens with zero attached hydrogens (tertiary/aromatic N) is 4. The summed E-state index contributed by atoms with van der Waals surface area (Å²) in [5.74, 6) is 0.829. The van der Waals surface area contributed by atoms with Crippen molar-refractivity contribution in [2.24, 2.45) is 0 Å². The predicted molar refractivity (Wildman–Crippen MR) is 90.3 cm³/mol. The lowest BCUT2D eigenvalue weighted by Gasteiger charge is -2.35. The Balaban J connectivity index is 1.67. The summed E-state index contributed by atoms with van der Waals surface area (Å²) in [4.78, 5) is 13.8. The van der Waals surface area contributed by atoms with Crippen molar-refractivity contribution < 1.29 is 0 Å². The molecule has 5 heteroatoms. The van der Waals surface area contributed by atoms with Gasteiger partial charge in [-0.25, -0.2) is 9.97 Å². The van der Waals surface area contributed by atoms with Crippen LogP contribution in [0.4, 0.5) is 5.95 Å². The van der Waals surface area contributed by atoms with Crippen molar-refractivity contribution in [3.63, 3.8) is 0 Å². The van der Waals surface area contributed by atoms with Crippen LogP contribution in [0.2, 0.25) is 0 Å². The number of hydrogen-bond donors (Lipinski definition) is 1. The van der Waals surface area contributed by atoms with Crippen LogP contribution < -0.4 is 10.2 Å². The molecule has 1 aromatic rings. The van der Waals surface area contributed by atoms with Crippen LogP contribution in [-0.4, -0.2) is 54.6 Å². The Morgan fingerprint density at radius 1 is 1.27 bits per heavy atom. The molecule has 122 valence electrons. The van der Waals surface area contributed by atoms with Gasteiger partial charge in [0.2, 0.25) is 5.95 Å². The van der Waals surface area contributed by atoms with Crippen LogP contribution in [0.15, 0.2) is 6.20 Å². The maximum absolute atomic E-state index is 4.75. The number of likely N-dealkylation sites (tertiary alicyclic amines) is 1. The van der Waals surface area contributed by atoms with Gasteiger partial charge in [0, 0.05) is 37.9 Å². The van der Waals surface area contributed by atoms with E-state index in [1.807, 2.05) is 19.0 Å². The van der Waals surface area contributed by atoms with Crippen LogP contribution in [0.1, 0.15) is 49.9 Å². The highest BCUT2D eigenvalue weighted by atomic mass is 15.2. The maximum Gasteiger partial charge on any atom is 0.225 e. The van der Waals surface area contributed by atoms with Crippen LogP contribution in [-0.2, 0) is 6.42 Å². The van der Waals surface area contributed by atoms with E-state index in [4.69, 9.17) is 4.98 Å². The second-order valence-corrected chi connectivity index (χ2v) is 6.79. The van der Waals surface area contributed by atoms with Gasteiger partial charge in [0.15, 0.2) is 0 Å². The third-order valence-electron chi connectivity index (χ3n) is 5.04. The van der Waals surface area contributed by atoms with Crippen molar-refractivity contribution in [2.45, 2.75) is 51.1 Å². The predicted octanol–water partition coefficient (Wildman–Crippen LogP) is 1.99. The highest BCUT2D eigenvalue weighted by Gasteiger charge is 2.26. The quantitative estimate of drug-likeness (QED) is 0.921. The highest BCUT2D eigenvalue weighted by Crippen LogP contribution is 2.30. The van der Waals surface area contributed by atoms with Crippen LogP contribution in [0.3, 0.4) is 0 Å². The Labute approximate surface area is 134 Å². The molecule has 1 aliphatic carbocycles. The molecule has 0 spiro atoms. The fourth-order valence-corrected chi connectivity index (χ4v) is 3.63. The minimum Gasteiger partial charge on any atom is -0.347 e. The molecule has 1 aliphatic heterocycles. The second kappa shape index (κ2) is 6.92. The van der Waals surface area contributed by atoms with Crippen molar-refractivity contribution in [3.8, 4) is 0 Å². The summed E-state index contributed by atoms with van der Waals surface area (Å²) in [6, 6.07) is 1.09. The normalized spacial score (nSPS) is 23.3. The molecule has 1 saturated heterocycles. The largest absolute Gasteiger partial charge is 0.347 e. The van der Waals surface area contributed by atoms with E-state index in [1.165, 1.54) is 56.6 Å². The van der Waals surface area contributed by atoms with Gasteiger partial charge >= 0.3 is 0 Å². The molecule has 1 N–H and O–H groups in total. The number of fused-ring (bicyclic) bond motifs is 1. The summed E-state index contributed by atoms with van der Waals surface area (Å²) in [6.45, 7) is 5.89. The lowest BCUT2D eigenvalue weighted by Crippen LogP contribution is -2.44. The van der Waals surface area contributed by atoms with E-state index in [9.17, 15) is 0 Å². The maximum atomic E-state index is 4.75. The third-order valence-corrected chi connectivity index (χ3v) is 5.04. The molecule has 2 heterocycles. The van der Waals surface area contributed by atoms with E-state index in [-0.39, 0.29) is 0 Å². The number of anilines is 1. The minimum atomic E-state index is 0.443. The zero-order chi connectivity index (χ0) is 15.5. The zero-order valence-corrected chi connectivity index (χ0v) is 14.2. The first kappa shape index (κ1) is 15.7. The first-order valence-corrected chi connectivity index (χ1v) is 8.69. The monoisotopic (exact) mass is 303 g/mol. The Hall–Kier alpha value is -1.20. The summed E-state index contributed by atoms with van der Waals surface area (Å²) < 4.78 is 0. The van der Waals surface area contributed by atoms with E-state index in [0.717, 1.165) is 12.4 Å². The van der Waals surface area contributed by atoms with E-state index < -0.39 is 0 Å².